The van der Waals surface area contributed by atoms with E-state index in [1.807, 2.05) is 44.2 Å². The molecule has 1 aliphatic rings. The number of aromatic nitrogens is 2. The zero-order valence-electron chi connectivity index (χ0n) is 25.4. The number of esters is 1. The molecule has 1 aliphatic heterocycles. The van der Waals surface area contributed by atoms with Gasteiger partial charge in [0, 0.05) is 22.6 Å². The molecule has 5 rings (SSSR count). The maximum atomic E-state index is 14.2. The first-order chi connectivity index (χ1) is 20.0. The summed E-state index contributed by atoms with van der Waals surface area (Å²) in [6.45, 7) is 16.0. The summed E-state index contributed by atoms with van der Waals surface area (Å²) >= 11 is 1.32. The molecule has 1 atom stereocenters. The Bertz CT molecular complexity index is 1880. The topological polar surface area (TPSA) is 74.8 Å². The molecule has 42 heavy (non-hydrogen) atoms. The molecule has 0 bridgehead atoms. The first-order valence-electron chi connectivity index (χ1n) is 14.2. The average Bonchev–Trinajstić information content (AvgIpc) is 3.36. The molecule has 4 aromatic rings. The second kappa shape index (κ2) is 11.6. The number of allylic oxidation sites excluding steroid dienone is 1. The first kappa shape index (κ1) is 29.3. The molecule has 218 valence electrons. The van der Waals surface area contributed by atoms with Crippen molar-refractivity contribution in [1.82, 2.24) is 9.13 Å². The Labute approximate surface area is 250 Å². The van der Waals surface area contributed by atoms with Gasteiger partial charge in [0.15, 0.2) is 4.80 Å². The lowest BCUT2D eigenvalue weighted by atomic mass is 9.95. The van der Waals surface area contributed by atoms with Crippen LogP contribution >= 0.6 is 11.3 Å². The van der Waals surface area contributed by atoms with Crippen molar-refractivity contribution in [2.75, 3.05) is 6.61 Å². The third-order valence-corrected chi connectivity index (χ3v) is 8.30. The maximum Gasteiger partial charge on any atom is 0.338 e. The van der Waals surface area contributed by atoms with Gasteiger partial charge in [0.05, 0.1) is 28.5 Å². The molecule has 0 saturated heterocycles. The molecular formula is C34H37N3O4S. The zero-order valence-corrected chi connectivity index (χ0v) is 26.3. The van der Waals surface area contributed by atoms with Crippen molar-refractivity contribution in [3.8, 4) is 11.4 Å². The number of thiazole rings is 1. The lowest BCUT2D eigenvalue weighted by molar-refractivity contribution is -0.139. The number of fused-ring (bicyclic) bond motifs is 1. The highest BCUT2D eigenvalue weighted by atomic mass is 32.1. The summed E-state index contributed by atoms with van der Waals surface area (Å²) in [7, 11) is 0. The summed E-state index contributed by atoms with van der Waals surface area (Å²) in [5, 5.41) is 0. The molecule has 0 spiro atoms. The van der Waals surface area contributed by atoms with E-state index in [9.17, 15) is 9.59 Å². The van der Waals surface area contributed by atoms with Gasteiger partial charge in [0.1, 0.15) is 11.8 Å². The van der Waals surface area contributed by atoms with E-state index in [0.717, 1.165) is 22.6 Å². The lowest BCUT2D eigenvalue weighted by Gasteiger charge is -2.26. The van der Waals surface area contributed by atoms with Gasteiger partial charge in [-0.2, -0.15) is 0 Å². The number of carbonyl (C=O) groups excluding carboxylic acids is 1. The fourth-order valence-electron chi connectivity index (χ4n) is 5.71. The van der Waals surface area contributed by atoms with Gasteiger partial charge in [-0.05, 0) is 102 Å². The van der Waals surface area contributed by atoms with E-state index in [1.54, 1.807) is 18.4 Å². The largest absolute Gasteiger partial charge is 0.491 e. The van der Waals surface area contributed by atoms with Gasteiger partial charge in [-0.25, -0.2) is 9.79 Å². The molecule has 0 aliphatic carbocycles. The number of rotatable bonds is 7. The van der Waals surface area contributed by atoms with Crippen LogP contribution in [-0.2, 0) is 9.53 Å². The third kappa shape index (κ3) is 5.39. The predicted octanol–water partition coefficient (Wildman–Crippen LogP) is 5.61. The minimum absolute atomic E-state index is 0.0921. The van der Waals surface area contributed by atoms with Gasteiger partial charge >= 0.3 is 5.97 Å². The smallest absolute Gasteiger partial charge is 0.338 e. The van der Waals surface area contributed by atoms with Crippen LogP contribution in [0.4, 0.5) is 0 Å². The highest BCUT2D eigenvalue weighted by Crippen LogP contribution is 2.36. The Morgan fingerprint density at radius 2 is 1.74 bits per heavy atom. The molecule has 0 radical (unpaired) electrons. The van der Waals surface area contributed by atoms with Gasteiger partial charge in [-0.15, -0.1) is 0 Å². The van der Waals surface area contributed by atoms with E-state index in [2.05, 4.69) is 56.5 Å². The van der Waals surface area contributed by atoms with E-state index < -0.39 is 12.0 Å². The number of hydrogen-bond acceptors (Lipinski definition) is 6. The van der Waals surface area contributed by atoms with E-state index in [1.165, 1.54) is 22.5 Å². The molecule has 2 aromatic heterocycles. The molecule has 7 nitrogen and oxygen atoms in total. The molecule has 0 N–H and O–H groups in total. The normalized spacial score (nSPS) is 15.2. The number of para-hydroxylation sites is 1. The van der Waals surface area contributed by atoms with Gasteiger partial charge in [-0.3, -0.25) is 9.36 Å². The summed E-state index contributed by atoms with van der Waals surface area (Å²) in [4.78, 5) is 32.8. The lowest BCUT2D eigenvalue weighted by Crippen LogP contribution is -2.40. The van der Waals surface area contributed by atoms with Gasteiger partial charge in [0.2, 0.25) is 0 Å². The van der Waals surface area contributed by atoms with Crippen molar-refractivity contribution < 1.29 is 14.3 Å². The van der Waals surface area contributed by atoms with Crippen LogP contribution in [0.3, 0.4) is 0 Å². The van der Waals surface area contributed by atoms with Crippen molar-refractivity contribution in [3.05, 3.63) is 113 Å². The maximum absolute atomic E-state index is 14.2. The minimum atomic E-state index is -0.736. The van der Waals surface area contributed by atoms with Crippen LogP contribution in [0.1, 0.15) is 67.4 Å². The highest BCUT2D eigenvalue weighted by Gasteiger charge is 2.35. The van der Waals surface area contributed by atoms with Crippen molar-refractivity contribution in [1.29, 1.82) is 0 Å². The zero-order chi connectivity index (χ0) is 30.3. The first-order valence-corrected chi connectivity index (χ1v) is 15.0. The Morgan fingerprint density at radius 3 is 2.40 bits per heavy atom. The number of aryl methyl sites for hydroxylation is 3. The molecule has 8 heteroatoms. The Balaban J connectivity index is 1.72. The van der Waals surface area contributed by atoms with E-state index in [0.29, 0.717) is 31.9 Å². The number of benzene rings is 2. The number of carbonyl (C=O) groups is 1. The van der Waals surface area contributed by atoms with Crippen LogP contribution in [0.2, 0.25) is 0 Å². The number of hydrogen-bond donors (Lipinski definition) is 0. The van der Waals surface area contributed by atoms with Gasteiger partial charge in [0.25, 0.3) is 5.56 Å². The van der Waals surface area contributed by atoms with Crippen molar-refractivity contribution in [2.45, 2.75) is 67.5 Å². The molecule has 2 aromatic carbocycles. The predicted molar refractivity (Wildman–Crippen MR) is 167 cm³/mol. The summed E-state index contributed by atoms with van der Waals surface area (Å²) in [5.74, 6) is 0.120. The van der Waals surface area contributed by atoms with E-state index in [4.69, 9.17) is 14.5 Å². The van der Waals surface area contributed by atoms with Crippen molar-refractivity contribution >= 4 is 23.4 Å². The van der Waals surface area contributed by atoms with Crippen molar-refractivity contribution in [3.63, 3.8) is 0 Å². The second-order valence-corrected chi connectivity index (χ2v) is 12.0. The van der Waals surface area contributed by atoms with Crippen molar-refractivity contribution in [2.24, 2.45) is 4.99 Å². The van der Waals surface area contributed by atoms with Crippen LogP contribution in [0, 0.1) is 27.7 Å². The molecule has 0 amide bonds. The number of nitrogens with zero attached hydrogens (tertiary/aromatic N) is 3. The van der Waals surface area contributed by atoms with E-state index in [-0.39, 0.29) is 18.3 Å². The quantitative estimate of drug-likeness (QED) is 0.265. The summed E-state index contributed by atoms with van der Waals surface area (Å²) in [5.41, 5.74) is 7.93. The van der Waals surface area contributed by atoms with Gasteiger partial charge in [-0.1, -0.05) is 35.6 Å². The van der Waals surface area contributed by atoms with Crippen LogP contribution < -0.4 is 19.6 Å². The van der Waals surface area contributed by atoms with Gasteiger partial charge < -0.3 is 14.0 Å². The van der Waals surface area contributed by atoms with Crippen LogP contribution in [0.25, 0.3) is 11.8 Å². The highest BCUT2D eigenvalue weighted by molar-refractivity contribution is 7.07. The summed E-state index contributed by atoms with van der Waals surface area (Å²) in [6, 6.07) is 15.4. The monoisotopic (exact) mass is 583 g/mol. The molecule has 0 fully saturated rings. The summed E-state index contributed by atoms with van der Waals surface area (Å²) in [6.07, 6.45) is 1.84. The fraction of sp³-hybridized carbons (Fsp3) is 0.324. The minimum Gasteiger partial charge on any atom is -0.491 e. The molecule has 0 saturated carbocycles. The fourth-order valence-corrected chi connectivity index (χ4v) is 6.74. The Hall–Kier alpha value is -4.17. The molecular weight excluding hydrogens is 546 g/mol. The third-order valence-electron chi connectivity index (χ3n) is 7.31. The Morgan fingerprint density at radius 1 is 1.05 bits per heavy atom. The standard InChI is InChI=1S/C34H37N3O4S/c1-9-40-33(39)30-23(7)35-34-37(31(30)27-12-10-11-13-28(27)41-19(2)3)32(38)29(42-34)18-25-17-22(6)36(24(25)8)26-15-20(4)14-21(5)16-26/h10-19,31H,9H2,1-8H3/b29-18+/t31-/m1/s1. The molecule has 3 heterocycles. The average molecular weight is 584 g/mol. The molecule has 0 unspecified atom stereocenters. The second-order valence-electron chi connectivity index (χ2n) is 11.0. The number of ether oxygens (including phenoxy) is 2. The SMILES string of the molecule is CCOC(=O)C1=C(C)N=c2s/c(=C/c3cc(C)n(-c4cc(C)cc(C)c4)c3C)c(=O)n2[C@@H]1c1ccccc1OC(C)C. The Kier molecular flexibility index (Phi) is 8.10. The summed E-state index contributed by atoms with van der Waals surface area (Å²) < 4.78 is 16.0. The van der Waals surface area contributed by atoms with E-state index >= 15 is 0 Å². The van der Waals surface area contributed by atoms with Crippen LogP contribution in [0.5, 0.6) is 5.75 Å². The van der Waals surface area contributed by atoms with Crippen LogP contribution in [-0.4, -0.2) is 27.8 Å². The van der Waals surface area contributed by atoms with Crippen LogP contribution in [0.15, 0.2) is 69.6 Å².